The smallest absolute Gasteiger partial charge is 0.327 e. The maximum atomic E-state index is 13.2. The number of aromatic nitrogens is 1. The number of fused-ring (bicyclic) bond motifs is 6. The predicted octanol–water partition coefficient (Wildman–Crippen LogP) is 3.85. The van der Waals surface area contributed by atoms with Gasteiger partial charge in [-0.2, -0.15) is 0 Å². The van der Waals surface area contributed by atoms with Crippen LogP contribution in [0.4, 0.5) is 0 Å². The lowest BCUT2D eigenvalue weighted by Crippen LogP contribution is -2.62. The second-order valence-electron chi connectivity index (χ2n) is 8.41. The van der Waals surface area contributed by atoms with Gasteiger partial charge in [-0.3, -0.25) is 20.2 Å². The summed E-state index contributed by atoms with van der Waals surface area (Å²) in [4.78, 5) is 24.6. The van der Waals surface area contributed by atoms with Crippen molar-refractivity contribution in [3.05, 3.63) is 79.9 Å². The minimum Gasteiger partial charge on any atom is -0.468 e. The topological polar surface area (TPSA) is 86.4 Å². The molecule has 5 rings (SSSR count). The molecular weight excluding hydrogens is 462 g/mol. The van der Waals surface area contributed by atoms with Crippen LogP contribution in [0.5, 0.6) is 0 Å². The average Bonchev–Trinajstić information content (AvgIpc) is 3.27. The summed E-state index contributed by atoms with van der Waals surface area (Å²) in [5.41, 5.74) is 2.05. The van der Waals surface area contributed by atoms with Crippen molar-refractivity contribution in [3.63, 3.8) is 0 Å². The molecule has 8 heteroatoms. The fourth-order valence-electron chi connectivity index (χ4n) is 5.82. The first-order chi connectivity index (χ1) is 14.8. The quantitative estimate of drug-likeness (QED) is 0.346. The van der Waals surface area contributed by atoms with Gasteiger partial charge in [-0.1, -0.05) is 46.3 Å². The lowest BCUT2D eigenvalue weighted by Gasteiger charge is -2.44. The number of halogens is 1. The van der Waals surface area contributed by atoms with Crippen molar-refractivity contribution in [1.82, 2.24) is 9.88 Å². The lowest BCUT2D eigenvalue weighted by molar-refractivity contribution is -0.485. The zero-order valence-electron chi connectivity index (χ0n) is 17.2. The van der Waals surface area contributed by atoms with Crippen LogP contribution in [0.15, 0.2) is 53.0 Å². The van der Waals surface area contributed by atoms with Crippen LogP contribution in [0.1, 0.15) is 35.6 Å². The summed E-state index contributed by atoms with van der Waals surface area (Å²) in [7, 11) is 3.27. The van der Waals surface area contributed by atoms with Gasteiger partial charge in [0.15, 0.2) is 0 Å². The first kappa shape index (κ1) is 20.2. The molecule has 0 spiro atoms. The van der Waals surface area contributed by atoms with Crippen LogP contribution in [0, 0.1) is 10.1 Å². The van der Waals surface area contributed by atoms with E-state index >= 15 is 0 Å². The van der Waals surface area contributed by atoms with Crippen molar-refractivity contribution in [1.29, 1.82) is 0 Å². The SMILES string of the molecule is COC(=O)[C@]12CC[C@](c3ccccc3)(N1)c1c(n(C)c3ccc(Br)cc13)[C@@H]2C[N+](=O)[O-]. The highest BCUT2D eigenvalue weighted by Crippen LogP contribution is 2.57. The number of carbonyl (C=O) groups is 1. The number of aryl methyl sites for hydroxylation is 1. The number of hydrogen-bond acceptors (Lipinski definition) is 5. The molecule has 1 fully saturated rings. The Hall–Kier alpha value is -2.71. The van der Waals surface area contributed by atoms with Gasteiger partial charge in [0.25, 0.3) is 0 Å². The molecule has 0 radical (unpaired) electrons. The first-order valence-electron chi connectivity index (χ1n) is 10.2. The molecule has 1 saturated heterocycles. The Morgan fingerprint density at radius 1 is 1.29 bits per heavy atom. The van der Waals surface area contributed by atoms with Crippen LogP contribution in [0.2, 0.25) is 0 Å². The van der Waals surface area contributed by atoms with Gasteiger partial charge < -0.3 is 9.30 Å². The zero-order chi connectivity index (χ0) is 22.0. The van der Waals surface area contributed by atoms with Gasteiger partial charge in [0.2, 0.25) is 6.54 Å². The first-order valence-corrected chi connectivity index (χ1v) is 11.0. The van der Waals surface area contributed by atoms with Crippen molar-refractivity contribution in [3.8, 4) is 0 Å². The van der Waals surface area contributed by atoms with Gasteiger partial charge in [0, 0.05) is 38.6 Å². The molecule has 2 aliphatic rings. The molecule has 0 aliphatic carbocycles. The minimum absolute atomic E-state index is 0.331. The molecule has 160 valence electrons. The number of nitrogens with zero attached hydrogens (tertiary/aromatic N) is 2. The van der Waals surface area contributed by atoms with E-state index in [2.05, 4.69) is 39.4 Å². The van der Waals surface area contributed by atoms with Crippen LogP contribution in [-0.2, 0) is 22.1 Å². The van der Waals surface area contributed by atoms with Gasteiger partial charge in [-0.15, -0.1) is 0 Å². The third kappa shape index (κ3) is 2.64. The predicted molar refractivity (Wildman–Crippen MR) is 120 cm³/mol. The molecule has 7 nitrogen and oxygen atoms in total. The molecule has 0 saturated carbocycles. The van der Waals surface area contributed by atoms with Gasteiger partial charge in [-0.05, 0) is 36.6 Å². The summed E-state index contributed by atoms with van der Waals surface area (Å²) in [6.45, 7) is -0.356. The fraction of sp³-hybridized carbons (Fsp3) is 0.348. The fourth-order valence-corrected chi connectivity index (χ4v) is 6.18. The molecule has 0 amide bonds. The monoisotopic (exact) mass is 483 g/mol. The van der Waals surface area contributed by atoms with E-state index in [-0.39, 0.29) is 11.5 Å². The second-order valence-corrected chi connectivity index (χ2v) is 9.32. The standard InChI is InChI=1S/C23H22BrN3O4/c1-26-18-9-8-15(24)12-16(18)19-20(26)17(13-27(29)30)23(21(28)31-2)11-10-22(19,25-23)14-6-4-3-5-7-14/h3-9,12,17,25H,10-11,13H2,1-2H3/t17-,22+,23+/m0/s1. The van der Waals surface area contributed by atoms with E-state index in [0.717, 1.165) is 32.2 Å². The molecule has 3 aromatic rings. The molecular formula is C23H22BrN3O4. The highest BCUT2D eigenvalue weighted by atomic mass is 79.9. The number of esters is 1. The maximum Gasteiger partial charge on any atom is 0.327 e. The Morgan fingerprint density at radius 3 is 2.71 bits per heavy atom. The number of hydrogen-bond donors (Lipinski definition) is 1. The number of nitrogens with one attached hydrogen (secondary N) is 1. The number of methoxy groups -OCH3 is 1. The summed E-state index contributed by atoms with van der Waals surface area (Å²) in [6.07, 6.45) is 1.09. The summed E-state index contributed by atoms with van der Waals surface area (Å²) in [6, 6.07) is 16.1. The summed E-state index contributed by atoms with van der Waals surface area (Å²) in [5.74, 6) is -1.10. The van der Waals surface area contributed by atoms with Gasteiger partial charge in [0.1, 0.15) is 5.54 Å². The highest BCUT2D eigenvalue weighted by molar-refractivity contribution is 9.10. The van der Waals surface area contributed by atoms with Crippen molar-refractivity contribution < 1.29 is 14.5 Å². The van der Waals surface area contributed by atoms with Crippen LogP contribution in [0.3, 0.4) is 0 Å². The van der Waals surface area contributed by atoms with Gasteiger partial charge in [0.05, 0.1) is 18.6 Å². The molecule has 3 heterocycles. The summed E-state index contributed by atoms with van der Waals surface area (Å²) in [5, 5.41) is 16.4. The number of rotatable bonds is 4. The number of carbonyl (C=O) groups excluding carboxylic acids is 1. The van der Waals surface area contributed by atoms with Crippen molar-refractivity contribution >= 4 is 32.8 Å². The van der Waals surface area contributed by atoms with Crippen molar-refractivity contribution in [2.24, 2.45) is 7.05 Å². The van der Waals surface area contributed by atoms with E-state index in [4.69, 9.17) is 4.74 Å². The molecule has 2 aromatic carbocycles. The largest absolute Gasteiger partial charge is 0.468 e. The van der Waals surface area contributed by atoms with Crippen LogP contribution >= 0.6 is 15.9 Å². The van der Waals surface area contributed by atoms with Gasteiger partial charge >= 0.3 is 5.97 Å². The molecule has 31 heavy (non-hydrogen) atoms. The molecule has 2 aliphatic heterocycles. The lowest BCUT2D eigenvalue weighted by atomic mass is 9.73. The minimum atomic E-state index is -1.16. The number of nitro groups is 1. The zero-order valence-corrected chi connectivity index (χ0v) is 18.8. The van der Waals surface area contributed by atoms with E-state index < -0.39 is 23.0 Å². The van der Waals surface area contributed by atoms with Crippen LogP contribution < -0.4 is 5.32 Å². The Balaban J connectivity index is 1.91. The van der Waals surface area contributed by atoms with E-state index in [1.165, 1.54) is 7.11 Å². The number of ether oxygens (including phenoxy) is 1. The molecule has 1 aromatic heterocycles. The second kappa shape index (κ2) is 6.90. The normalized spacial score (nSPS) is 26.6. The van der Waals surface area contributed by atoms with E-state index in [1.807, 2.05) is 41.9 Å². The van der Waals surface area contributed by atoms with Crippen molar-refractivity contribution in [2.75, 3.05) is 13.7 Å². The van der Waals surface area contributed by atoms with Crippen LogP contribution in [-0.4, -0.2) is 34.7 Å². The van der Waals surface area contributed by atoms with Crippen molar-refractivity contribution in [2.45, 2.75) is 29.8 Å². The Morgan fingerprint density at radius 2 is 2.03 bits per heavy atom. The highest BCUT2D eigenvalue weighted by Gasteiger charge is 2.65. The van der Waals surface area contributed by atoms with E-state index in [0.29, 0.717) is 12.8 Å². The Kier molecular flexibility index (Phi) is 4.50. The Bertz CT molecular complexity index is 1220. The van der Waals surface area contributed by atoms with Crippen LogP contribution in [0.25, 0.3) is 10.9 Å². The molecule has 2 bridgehead atoms. The third-order valence-electron chi connectivity index (χ3n) is 7.04. The Labute approximate surface area is 187 Å². The summed E-state index contributed by atoms with van der Waals surface area (Å²) >= 11 is 3.58. The molecule has 3 atom stereocenters. The van der Waals surface area contributed by atoms with E-state index in [9.17, 15) is 14.9 Å². The average molecular weight is 484 g/mol. The number of benzene rings is 2. The summed E-state index contributed by atoms with van der Waals surface area (Å²) < 4.78 is 8.17. The maximum absolute atomic E-state index is 13.2. The van der Waals surface area contributed by atoms with Gasteiger partial charge in [-0.25, -0.2) is 0 Å². The molecule has 0 unspecified atom stereocenters. The third-order valence-corrected chi connectivity index (χ3v) is 7.53. The molecule has 1 N–H and O–H groups in total. The van der Waals surface area contributed by atoms with E-state index in [1.54, 1.807) is 0 Å².